The molecular formula is C10H17NO4S. The third-order valence-electron chi connectivity index (χ3n) is 1.45. The number of phenols is 1. The highest BCUT2D eigenvalue weighted by molar-refractivity contribution is 7.85. The van der Waals surface area contributed by atoms with Crippen molar-refractivity contribution in [2.24, 2.45) is 5.73 Å². The Labute approximate surface area is 95.7 Å². The summed E-state index contributed by atoms with van der Waals surface area (Å²) in [5.41, 5.74) is 5.51. The molecule has 0 unspecified atom stereocenters. The van der Waals surface area contributed by atoms with Crippen molar-refractivity contribution in [3.8, 4) is 5.75 Å². The lowest BCUT2D eigenvalue weighted by Crippen LogP contribution is -2.06. The first-order chi connectivity index (χ1) is 7.14. The molecule has 0 saturated carbocycles. The van der Waals surface area contributed by atoms with Crippen LogP contribution >= 0.6 is 0 Å². The van der Waals surface area contributed by atoms with Gasteiger partial charge in [-0.3, -0.25) is 4.55 Å². The zero-order valence-corrected chi connectivity index (χ0v) is 10.3. The molecule has 1 aromatic rings. The van der Waals surface area contributed by atoms with Gasteiger partial charge in [-0.15, -0.1) is 0 Å². The van der Waals surface area contributed by atoms with E-state index in [2.05, 4.69) is 0 Å². The molecular weight excluding hydrogens is 230 g/mol. The minimum absolute atomic E-state index is 0.187. The van der Waals surface area contributed by atoms with Gasteiger partial charge in [-0.05, 0) is 24.6 Å². The molecule has 0 aliphatic rings. The molecule has 0 fully saturated rings. The number of benzene rings is 1. The van der Waals surface area contributed by atoms with Crippen LogP contribution in [0.4, 0.5) is 0 Å². The van der Waals surface area contributed by atoms with Crippen LogP contribution in [-0.4, -0.2) is 24.1 Å². The maximum atomic E-state index is 10.7. The second-order valence-corrected chi connectivity index (χ2v) is 5.06. The van der Waals surface area contributed by atoms with Crippen LogP contribution < -0.4 is 5.73 Å². The minimum Gasteiger partial charge on any atom is -0.508 e. The molecule has 0 atom stereocenters. The lowest BCUT2D eigenvalue weighted by Gasteiger charge is -2.01. The zero-order valence-electron chi connectivity index (χ0n) is 9.51. The van der Waals surface area contributed by atoms with Gasteiger partial charge >= 0.3 is 0 Å². The summed E-state index contributed by atoms with van der Waals surface area (Å²) in [5.74, 6) is -0.187. The third kappa shape index (κ3) is 5.69. The number of hydrogen-bond donors (Lipinski definition) is 3. The molecule has 6 heteroatoms. The van der Waals surface area contributed by atoms with E-state index < -0.39 is 10.1 Å². The Balaban J connectivity index is 0.000000487. The van der Waals surface area contributed by atoms with Crippen LogP contribution in [0.25, 0.3) is 0 Å². The van der Waals surface area contributed by atoms with E-state index in [1.807, 2.05) is 13.8 Å². The van der Waals surface area contributed by atoms with Crippen LogP contribution in [0.15, 0.2) is 23.1 Å². The van der Waals surface area contributed by atoms with E-state index in [0.717, 1.165) is 6.07 Å². The normalized spacial score (nSPS) is 10.9. The van der Waals surface area contributed by atoms with Gasteiger partial charge in [-0.25, -0.2) is 0 Å². The summed E-state index contributed by atoms with van der Waals surface area (Å²) in [7, 11) is -4.22. The first-order valence-corrected chi connectivity index (χ1v) is 6.11. The summed E-state index contributed by atoms with van der Waals surface area (Å²) < 4.78 is 30.0. The predicted octanol–water partition coefficient (Wildman–Crippen LogP) is 1.30. The second kappa shape index (κ2) is 5.83. The van der Waals surface area contributed by atoms with Gasteiger partial charge in [0.05, 0.1) is 0 Å². The smallest absolute Gasteiger partial charge is 0.294 e. The maximum absolute atomic E-state index is 10.7. The van der Waals surface area contributed by atoms with E-state index in [-0.39, 0.29) is 10.6 Å². The fraction of sp³-hybridized carbons (Fsp3) is 0.400. The lowest BCUT2D eigenvalue weighted by molar-refractivity contribution is 0.465. The Morgan fingerprint density at radius 1 is 1.31 bits per heavy atom. The zero-order chi connectivity index (χ0) is 12.9. The SMILES string of the molecule is CC(C)N.Cc1ccc(O)cc1S(=O)(=O)O. The highest BCUT2D eigenvalue weighted by Crippen LogP contribution is 2.19. The number of aryl methyl sites for hydroxylation is 1. The molecule has 1 rings (SSSR count). The number of phenolic OH excluding ortho intramolecular Hbond substituents is 1. The van der Waals surface area contributed by atoms with Gasteiger partial charge in [-0.1, -0.05) is 19.9 Å². The maximum Gasteiger partial charge on any atom is 0.294 e. The monoisotopic (exact) mass is 247 g/mol. The molecule has 0 heterocycles. The summed E-state index contributed by atoms with van der Waals surface area (Å²) in [4.78, 5) is -0.262. The van der Waals surface area contributed by atoms with E-state index in [4.69, 9.17) is 15.4 Å². The van der Waals surface area contributed by atoms with Gasteiger partial charge in [-0.2, -0.15) is 8.42 Å². The summed E-state index contributed by atoms with van der Waals surface area (Å²) in [5, 5.41) is 8.93. The summed E-state index contributed by atoms with van der Waals surface area (Å²) >= 11 is 0. The van der Waals surface area contributed by atoms with E-state index in [9.17, 15) is 8.42 Å². The van der Waals surface area contributed by atoms with Crippen LogP contribution in [-0.2, 0) is 10.1 Å². The fourth-order valence-electron chi connectivity index (χ4n) is 0.867. The van der Waals surface area contributed by atoms with Crippen molar-refractivity contribution < 1.29 is 18.1 Å². The molecule has 1 aromatic carbocycles. The Bertz CT molecular complexity index is 437. The van der Waals surface area contributed by atoms with Crippen molar-refractivity contribution in [3.63, 3.8) is 0 Å². The highest BCUT2D eigenvalue weighted by Gasteiger charge is 2.12. The molecule has 0 bridgehead atoms. The van der Waals surface area contributed by atoms with Crippen LogP contribution in [0.3, 0.4) is 0 Å². The van der Waals surface area contributed by atoms with E-state index in [1.165, 1.54) is 19.1 Å². The largest absolute Gasteiger partial charge is 0.508 e. The Hall–Kier alpha value is -1.11. The molecule has 0 saturated heterocycles. The Morgan fingerprint density at radius 3 is 2.06 bits per heavy atom. The fourth-order valence-corrected chi connectivity index (χ4v) is 1.61. The van der Waals surface area contributed by atoms with Gasteiger partial charge in [0.15, 0.2) is 0 Å². The minimum atomic E-state index is -4.22. The van der Waals surface area contributed by atoms with E-state index in [1.54, 1.807) is 0 Å². The molecule has 4 N–H and O–H groups in total. The second-order valence-electron chi connectivity index (χ2n) is 3.67. The van der Waals surface area contributed by atoms with E-state index >= 15 is 0 Å². The van der Waals surface area contributed by atoms with Crippen molar-refractivity contribution in [2.75, 3.05) is 0 Å². The van der Waals surface area contributed by atoms with Crippen LogP contribution in [0.2, 0.25) is 0 Å². The topological polar surface area (TPSA) is 101 Å². The molecule has 16 heavy (non-hydrogen) atoms. The van der Waals surface area contributed by atoms with Gasteiger partial charge in [0.25, 0.3) is 10.1 Å². The average Bonchev–Trinajstić information content (AvgIpc) is 2.06. The van der Waals surface area contributed by atoms with Gasteiger partial charge in [0.2, 0.25) is 0 Å². The first kappa shape index (κ1) is 14.9. The van der Waals surface area contributed by atoms with Crippen molar-refractivity contribution in [1.29, 1.82) is 0 Å². The molecule has 0 aliphatic heterocycles. The van der Waals surface area contributed by atoms with E-state index in [0.29, 0.717) is 11.6 Å². The Kier molecular flexibility index (Phi) is 5.43. The standard InChI is InChI=1S/C7H8O4S.C3H9N/c1-5-2-3-6(8)4-7(5)12(9,10)11;1-3(2)4/h2-4,8H,1H3,(H,9,10,11);3H,4H2,1-2H3. The average molecular weight is 247 g/mol. The summed E-state index contributed by atoms with van der Waals surface area (Å²) in [6.45, 7) is 5.42. The first-order valence-electron chi connectivity index (χ1n) is 4.67. The molecule has 92 valence electrons. The number of nitrogens with two attached hydrogens (primary N) is 1. The molecule has 0 aliphatic carbocycles. The van der Waals surface area contributed by atoms with Gasteiger partial charge in [0, 0.05) is 6.07 Å². The predicted molar refractivity (Wildman–Crippen MR) is 62.0 cm³/mol. The lowest BCUT2D eigenvalue weighted by atomic mass is 10.2. The molecule has 0 aromatic heterocycles. The third-order valence-corrected chi connectivity index (χ3v) is 2.45. The number of hydrogen-bond acceptors (Lipinski definition) is 4. The quantitative estimate of drug-likeness (QED) is 0.649. The van der Waals surface area contributed by atoms with Crippen LogP contribution in [0, 0.1) is 6.92 Å². The van der Waals surface area contributed by atoms with Gasteiger partial charge in [0.1, 0.15) is 10.6 Å². The highest BCUT2D eigenvalue weighted by atomic mass is 32.2. The van der Waals surface area contributed by atoms with Crippen LogP contribution in [0.5, 0.6) is 5.75 Å². The van der Waals surface area contributed by atoms with Crippen molar-refractivity contribution >= 4 is 10.1 Å². The molecule has 0 amide bonds. The molecule has 0 radical (unpaired) electrons. The van der Waals surface area contributed by atoms with Crippen molar-refractivity contribution in [3.05, 3.63) is 23.8 Å². The summed E-state index contributed by atoms with van der Waals surface area (Å²) in [6, 6.07) is 4.10. The summed E-state index contributed by atoms with van der Waals surface area (Å²) in [6.07, 6.45) is 0. The number of aromatic hydroxyl groups is 1. The van der Waals surface area contributed by atoms with Crippen LogP contribution in [0.1, 0.15) is 19.4 Å². The molecule has 0 spiro atoms. The van der Waals surface area contributed by atoms with Crippen molar-refractivity contribution in [1.82, 2.24) is 0 Å². The Morgan fingerprint density at radius 2 is 1.75 bits per heavy atom. The molecule has 5 nitrogen and oxygen atoms in total. The van der Waals surface area contributed by atoms with Crippen molar-refractivity contribution in [2.45, 2.75) is 31.7 Å². The van der Waals surface area contributed by atoms with Gasteiger partial charge < -0.3 is 10.8 Å². The number of rotatable bonds is 1.